The lowest BCUT2D eigenvalue weighted by atomic mass is 9.95. The molecule has 0 aromatic heterocycles. The highest BCUT2D eigenvalue weighted by Crippen LogP contribution is 2.39. The maximum absolute atomic E-state index is 13.2. The quantitative estimate of drug-likeness (QED) is 0.440. The standard InChI is InChI=1S/C27H29ClN4O2S/c1-3-34-26(33)24-19(2)32(23-8-6-7-22(28)17-23)27(35-16-15-31-13-4-5-14-31)30-25(24)21-11-9-20(18-29)10-12-21/h6-12,17,25H,3-5,13-16H2,1-2H3. The molecule has 0 radical (unpaired) electrons. The summed E-state index contributed by atoms with van der Waals surface area (Å²) in [5.74, 6) is 0.495. The third-order valence-corrected chi connectivity index (χ3v) is 7.35. The van der Waals surface area contributed by atoms with Gasteiger partial charge in [0, 0.05) is 28.7 Å². The fraction of sp³-hybridized carbons (Fsp3) is 0.370. The fourth-order valence-corrected chi connectivity index (χ4v) is 5.71. The van der Waals surface area contributed by atoms with Crippen LogP contribution >= 0.6 is 23.4 Å². The summed E-state index contributed by atoms with van der Waals surface area (Å²) in [6.07, 6.45) is 2.51. The number of rotatable bonds is 7. The SMILES string of the molecule is CCOC(=O)C1=C(C)N(c2cccc(Cl)c2)C(SCCN2CCCC2)=NC1c1ccc(C#N)cc1. The number of hydrogen-bond donors (Lipinski definition) is 0. The van der Waals surface area contributed by atoms with Crippen molar-refractivity contribution < 1.29 is 9.53 Å². The number of halogens is 1. The van der Waals surface area contributed by atoms with Gasteiger partial charge in [-0.15, -0.1) is 0 Å². The molecule has 2 aliphatic heterocycles. The molecule has 8 heteroatoms. The van der Waals surface area contributed by atoms with Crippen LogP contribution < -0.4 is 4.90 Å². The Bertz CT molecular complexity index is 1170. The van der Waals surface area contributed by atoms with E-state index in [1.54, 1.807) is 30.8 Å². The predicted molar refractivity (Wildman–Crippen MR) is 143 cm³/mol. The molecule has 0 spiro atoms. The number of benzene rings is 2. The van der Waals surface area contributed by atoms with Crippen LogP contribution in [-0.4, -0.2) is 48.0 Å². The molecular formula is C27H29ClN4O2S. The number of ether oxygens (including phenoxy) is 1. The summed E-state index contributed by atoms with van der Waals surface area (Å²) in [5.41, 5.74) is 3.50. The maximum Gasteiger partial charge on any atom is 0.338 e. The number of nitriles is 1. The van der Waals surface area contributed by atoms with E-state index in [4.69, 9.17) is 21.3 Å². The van der Waals surface area contributed by atoms with Gasteiger partial charge in [0.05, 0.1) is 23.8 Å². The van der Waals surface area contributed by atoms with Crippen LogP contribution in [0.5, 0.6) is 0 Å². The van der Waals surface area contributed by atoms with Crippen molar-refractivity contribution in [3.63, 3.8) is 0 Å². The molecule has 2 aromatic rings. The average molecular weight is 509 g/mol. The van der Waals surface area contributed by atoms with Crippen LogP contribution in [0.15, 0.2) is 64.8 Å². The van der Waals surface area contributed by atoms with Crippen molar-refractivity contribution in [3.05, 3.63) is 76.0 Å². The highest BCUT2D eigenvalue weighted by Gasteiger charge is 2.35. The Morgan fingerprint density at radius 3 is 2.63 bits per heavy atom. The monoisotopic (exact) mass is 508 g/mol. The van der Waals surface area contributed by atoms with Gasteiger partial charge in [-0.1, -0.05) is 41.6 Å². The number of thioether (sulfide) groups is 1. The lowest BCUT2D eigenvalue weighted by Crippen LogP contribution is -2.36. The van der Waals surface area contributed by atoms with E-state index in [-0.39, 0.29) is 6.61 Å². The van der Waals surface area contributed by atoms with Crippen molar-refractivity contribution in [2.24, 2.45) is 4.99 Å². The minimum Gasteiger partial charge on any atom is -0.463 e. The van der Waals surface area contributed by atoms with Crippen molar-refractivity contribution in [1.82, 2.24) is 4.90 Å². The molecule has 4 rings (SSSR count). The van der Waals surface area contributed by atoms with E-state index in [2.05, 4.69) is 11.0 Å². The van der Waals surface area contributed by atoms with Gasteiger partial charge in [-0.25, -0.2) is 9.79 Å². The van der Waals surface area contributed by atoms with Crippen molar-refractivity contribution in [2.75, 3.05) is 36.9 Å². The first kappa shape index (κ1) is 25.3. The molecule has 1 unspecified atom stereocenters. The van der Waals surface area contributed by atoms with Crippen molar-refractivity contribution in [2.45, 2.75) is 32.7 Å². The smallest absolute Gasteiger partial charge is 0.338 e. The van der Waals surface area contributed by atoms with Crippen molar-refractivity contribution >= 4 is 40.2 Å². The van der Waals surface area contributed by atoms with Gasteiger partial charge in [0.1, 0.15) is 6.04 Å². The second-order valence-electron chi connectivity index (χ2n) is 8.48. The van der Waals surface area contributed by atoms with Crippen molar-refractivity contribution in [3.8, 4) is 6.07 Å². The molecule has 1 atom stereocenters. The Kier molecular flexibility index (Phi) is 8.50. The van der Waals surface area contributed by atoms with Gasteiger partial charge in [0.2, 0.25) is 0 Å². The number of carbonyl (C=O) groups excluding carboxylic acids is 1. The predicted octanol–water partition coefficient (Wildman–Crippen LogP) is 5.80. The molecule has 1 fully saturated rings. The second-order valence-corrected chi connectivity index (χ2v) is 9.98. The minimum absolute atomic E-state index is 0.272. The number of esters is 1. The highest BCUT2D eigenvalue weighted by atomic mass is 35.5. The molecule has 35 heavy (non-hydrogen) atoms. The van der Waals surface area contributed by atoms with E-state index in [1.165, 1.54) is 12.8 Å². The second kappa shape index (κ2) is 11.8. The topological polar surface area (TPSA) is 68.9 Å². The number of nitrogens with zero attached hydrogens (tertiary/aromatic N) is 4. The van der Waals surface area contributed by atoms with Gasteiger partial charge in [-0.3, -0.25) is 4.90 Å². The third kappa shape index (κ3) is 5.90. The van der Waals surface area contributed by atoms with Gasteiger partial charge < -0.3 is 9.64 Å². The molecule has 0 saturated carbocycles. The minimum atomic E-state index is -0.522. The fourth-order valence-electron chi connectivity index (χ4n) is 4.44. The number of anilines is 1. The van der Waals surface area contributed by atoms with Gasteiger partial charge in [0.15, 0.2) is 5.17 Å². The number of likely N-dealkylation sites (tertiary alicyclic amines) is 1. The van der Waals surface area contributed by atoms with Crippen LogP contribution in [0.2, 0.25) is 5.02 Å². The number of allylic oxidation sites excluding steroid dienone is 1. The van der Waals surface area contributed by atoms with Crippen LogP contribution in [0.4, 0.5) is 5.69 Å². The van der Waals surface area contributed by atoms with Crippen molar-refractivity contribution in [1.29, 1.82) is 5.26 Å². The molecular weight excluding hydrogens is 480 g/mol. The number of carbonyl (C=O) groups is 1. The maximum atomic E-state index is 13.2. The number of amidine groups is 1. The van der Waals surface area contributed by atoms with E-state index in [1.807, 2.05) is 48.2 Å². The van der Waals surface area contributed by atoms with E-state index < -0.39 is 12.0 Å². The zero-order valence-corrected chi connectivity index (χ0v) is 21.6. The first-order valence-corrected chi connectivity index (χ1v) is 13.2. The summed E-state index contributed by atoms with van der Waals surface area (Å²) in [6, 6.07) is 16.4. The van der Waals surface area contributed by atoms with Crippen LogP contribution in [-0.2, 0) is 9.53 Å². The van der Waals surface area contributed by atoms with Gasteiger partial charge in [-0.2, -0.15) is 5.26 Å². The summed E-state index contributed by atoms with van der Waals surface area (Å²) in [6.45, 7) is 7.27. The van der Waals surface area contributed by atoms with Crippen LogP contribution in [0, 0.1) is 11.3 Å². The zero-order valence-electron chi connectivity index (χ0n) is 20.0. The van der Waals surface area contributed by atoms with Crippen LogP contribution in [0.25, 0.3) is 0 Å². The molecule has 0 aliphatic carbocycles. The Hall–Kier alpha value is -2.79. The van der Waals surface area contributed by atoms with E-state index >= 15 is 0 Å². The van der Waals surface area contributed by atoms with Gasteiger partial charge >= 0.3 is 5.97 Å². The normalized spacial score (nSPS) is 18.4. The lowest BCUT2D eigenvalue weighted by molar-refractivity contribution is -0.138. The number of aliphatic imine (C=N–C) groups is 1. The molecule has 2 aromatic carbocycles. The van der Waals surface area contributed by atoms with Crippen LogP contribution in [0.3, 0.4) is 0 Å². The molecule has 6 nitrogen and oxygen atoms in total. The Morgan fingerprint density at radius 1 is 1.23 bits per heavy atom. The summed E-state index contributed by atoms with van der Waals surface area (Å²) >= 11 is 8.02. The Morgan fingerprint density at radius 2 is 1.97 bits per heavy atom. The van der Waals surface area contributed by atoms with E-state index in [0.717, 1.165) is 47.5 Å². The summed E-state index contributed by atoms with van der Waals surface area (Å²) in [4.78, 5) is 22.8. The zero-order chi connectivity index (χ0) is 24.8. The molecule has 0 bridgehead atoms. The average Bonchev–Trinajstić information content (AvgIpc) is 3.37. The summed E-state index contributed by atoms with van der Waals surface area (Å²) in [5, 5.41) is 10.6. The Balaban J connectivity index is 1.75. The first-order chi connectivity index (χ1) is 17.0. The van der Waals surface area contributed by atoms with E-state index in [9.17, 15) is 10.1 Å². The summed E-state index contributed by atoms with van der Waals surface area (Å²) in [7, 11) is 0. The van der Waals surface area contributed by atoms with Gasteiger partial charge in [-0.05, 0) is 75.7 Å². The van der Waals surface area contributed by atoms with E-state index in [0.29, 0.717) is 16.2 Å². The molecule has 2 heterocycles. The Labute approximate surface area is 216 Å². The highest BCUT2D eigenvalue weighted by molar-refractivity contribution is 8.14. The van der Waals surface area contributed by atoms with Crippen LogP contribution in [0.1, 0.15) is 43.9 Å². The molecule has 0 N–H and O–H groups in total. The molecule has 2 aliphatic rings. The molecule has 1 saturated heterocycles. The molecule has 0 amide bonds. The number of hydrogen-bond acceptors (Lipinski definition) is 7. The van der Waals surface area contributed by atoms with Gasteiger partial charge in [0.25, 0.3) is 0 Å². The lowest BCUT2D eigenvalue weighted by Gasteiger charge is -2.35. The largest absolute Gasteiger partial charge is 0.463 e. The summed E-state index contributed by atoms with van der Waals surface area (Å²) < 4.78 is 5.46. The molecule has 182 valence electrons. The third-order valence-electron chi connectivity index (χ3n) is 6.18. The first-order valence-electron chi connectivity index (χ1n) is 11.9.